The Morgan fingerprint density at radius 1 is 0.608 bits per heavy atom. The van der Waals surface area contributed by atoms with Crippen molar-refractivity contribution in [1.29, 1.82) is 0 Å². The van der Waals surface area contributed by atoms with Crippen molar-refractivity contribution in [2.75, 3.05) is 0 Å². The van der Waals surface area contributed by atoms with Crippen molar-refractivity contribution in [2.45, 2.75) is 27.2 Å². The third-order valence-corrected chi connectivity index (χ3v) is 11.1. The van der Waals surface area contributed by atoms with E-state index in [2.05, 4.69) is 154 Å². The lowest BCUT2D eigenvalue weighted by Gasteiger charge is -2.26. The van der Waals surface area contributed by atoms with E-state index < -0.39 is 0 Å². The molecule has 0 bridgehead atoms. The van der Waals surface area contributed by atoms with Crippen molar-refractivity contribution in [1.82, 2.24) is 0 Å². The Kier molecular flexibility index (Phi) is 7.71. The number of allylic oxidation sites excluding steroid dienone is 3. The summed E-state index contributed by atoms with van der Waals surface area (Å²) in [6, 6.07) is 51.5. The Morgan fingerprint density at radius 2 is 1.22 bits per heavy atom. The molecule has 3 heteroatoms. The molecular formula is C48H36ClNO. The van der Waals surface area contributed by atoms with E-state index in [1.807, 2.05) is 12.1 Å². The fourth-order valence-electron chi connectivity index (χ4n) is 7.89. The SMILES string of the molecule is C/C1=C(c2ccc(-c3ccccc3)cc2)\N=C(\c2ccc3ccccc3c2)C(C)/C(C)=C(/c2c(Cl)c3oc4ccccc4c3c3ccccc23)C1. The number of halogens is 1. The predicted molar refractivity (Wildman–Crippen MR) is 218 cm³/mol. The lowest BCUT2D eigenvalue weighted by Crippen LogP contribution is -2.18. The Labute approximate surface area is 303 Å². The number of benzene rings is 7. The summed E-state index contributed by atoms with van der Waals surface area (Å²) in [6.45, 7) is 6.77. The number of rotatable bonds is 4. The van der Waals surface area contributed by atoms with Crippen molar-refractivity contribution < 1.29 is 4.42 Å². The first-order chi connectivity index (χ1) is 25.0. The largest absolute Gasteiger partial charge is 0.454 e. The van der Waals surface area contributed by atoms with Gasteiger partial charge in [0, 0.05) is 27.8 Å². The van der Waals surface area contributed by atoms with Gasteiger partial charge in [-0.05, 0) is 81.8 Å². The van der Waals surface area contributed by atoms with Crippen LogP contribution in [0.3, 0.4) is 0 Å². The van der Waals surface area contributed by atoms with Gasteiger partial charge in [-0.2, -0.15) is 0 Å². The predicted octanol–water partition coefficient (Wildman–Crippen LogP) is 13.9. The molecule has 1 aliphatic rings. The summed E-state index contributed by atoms with van der Waals surface area (Å²) in [6.07, 6.45) is 0.704. The van der Waals surface area contributed by atoms with Gasteiger partial charge in [-0.15, -0.1) is 0 Å². The van der Waals surface area contributed by atoms with Crippen molar-refractivity contribution in [3.8, 4) is 11.1 Å². The van der Waals surface area contributed by atoms with Gasteiger partial charge >= 0.3 is 0 Å². The van der Waals surface area contributed by atoms with Crippen LogP contribution < -0.4 is 0 Å². The van der Waals surface area contributed by atoms with Gasteiger partial charge in [0.25, 0.3) is 0 Å². The number of para-hydroxylation sites is 1. The fraction of sp³-hybridized carbons (Fsp3) is 0.104. The molecule has 8 aromatic rings. The van der Waals surface area contributed by atoms with Crippen LogP contribution in [0, 0.1) is 5.92 Å². The molecule has 0 aliphatic carbocycles. The van der Waals surface area contributed by atoms with Gasteiger partial charge in [-0.1, -0.05) is 158 Å². The van der Waals surface area contributed by atoms with Crippen LogP contribution in [0.2, 0.25) is 5.02 Å². The number of fused-ring (bicyclic) bond motifs is 6. The second-order valence-corrected chi connectivity index (χ2v) is 14.1. The highest BCUT2D eigenvalue weighted by Gasteiger charge is 2.28. The lowest BCUT2D eigenvalue weighted by atomic mass is 9.81. The van der Waals surface area contributed by atoms with Crippen molar-refractivity contribution in [3.63, 3.8) is 0 Å². The van der Waals surface area contributed by atoms with E-state index in [0.29, 0.717) is 11.4 Å². The molecule has 0 amide bonds. The summed E-state index contributed by atoms with van der Waals surface area (Å²) in [5, 5.41) is 7.51. The van der Waals surface area contributed by atoms with Gasteiger partial charge < -0.3 is 4.42 Å². The Balaban J connectivity index is 1.30. The van der Waals surface area contributed by atoms with Crippen LogP contribution >= 0.6 is 11.6 Å². The molecule has 1 atom stereocenters. The normalized spacial score (nSPS) is 19.4. The summed E-state index contributed by atoms with van der Waals surface area (Å²) in [4.78, 5) is 5.60. The molecule has 7 aromatic carbocycles. The Hall–Kier alpha value is -5.70. The van der Waals surface area contributed by atoms with E-state index >= 15 is 0 Å². The van der Waals surface area contributed by atoms with E-state index in [9.17, 15) is 0 Å². The monoisotopic (exact) mass is 677 g/mol. The van der Waals surface area contributed by atoms with Crippen LogP contribution in [-0.4, -0.2) is 5.71 Å². The highest BCUT2D eigenvalue weighted by atomic mass is 35.5. The first-order valence-corrected chi connectivity index (χ1v) is 18.0. The second kappa shape index (κ2) is 12.6. The van der Waals surface area contributed by atoms with Crippen molar-refractivity contribution >= 4 is 72.1 Å². The topological polar surface area (TPSA) is 25.5 Å². The molecule has 246 valence electrons. The minimum atomic E-state index is 0.00838. The first-order valence-electron chi connectivity index (χ1n) is 17.6. The van der Waals surface area contributed by atoms with Gasteiger partial charge in [0.2, 0.25) is 0 Å². The molecule has 0 radical (unpaired) electrons. The zero-order valence-electron chi connectivity index (χ0n) is 28.9. The van der Waals surface area contributed by atoms with Gasteiger partial charge in [0.1, 0.15) is 5.58 Å². The van der Waals surface area contributed by atoms with Crippen molar-refractivity contribution in [3.05, 3.63) is 178 Å². The Morgan fingerprint density at radius 3 is 2.00 bits per heavy atom. The van der Waals surface area contributed by atoms with Gasteiger partial charge in [-0.3, -0.25) is 4.99 Å². The third-order valence-electron chi connectivity index (χ3n) is 10.7. The zero-order chi connectivity index (χ0) is 34.6. The van der Waals surface area contributed by atoms with Crippen LogP contribution in [0.25, 0.3) is 65.9 Å². The summed E-state index contributed by atoms with van der Waals surface area (Å²) in [7, 11) is 0. The maximum Gasteiger partial charge on any atom is 0.155 e. The summed E-state index contributed by atoms with van der Waals surface area (Å²) in [5.41, 5.74) is 12.9. The van der Waals surface area contributed by atoms with E-state index in [-0.39, 0.29) is 5.92 Å². The number of nitrogens with zero attached hydrogens (tertiary/aromatic N) is 1. The number of furan rings is 1. The maximum absolute atomic E-state index is 7.55. The molecule has 9 rings (SSSR count). The maximum atomic E-state index is 7.55. The molecule has 1 aliphatic heterocycles. The summed E-state index contributed by atoms with van der Waals surface area (Å²) >= 11 is 7.55. The highest BCUT2D eigenvalue weighted by molar-refractivity contribution is 6.41. The molecule has 0 saturated heterocycles. The van der Waals surface area contributed by atoms with Crippen LogP contribution in [0.1, 0.15) is 43.9 Å². The first kappa shape index (κ1) is 31.3. The van der Waals surface area contributed by atoms with Crippen LogP contribution in [0.15, 0.2) is 166 Å². The molecule has 0 spiro atoms. The van der Waals surface area contributed by atoms with Crippen LogP contribution in [0.5, 0.6) is 0 Å². The molecule has 0 saturated carbocycles. The minimum absolute atomic E-state index is 0.00838. The van der Waals surface area contributed by atoms with E-state index in [1.165, 1.54) is 38.6 Å². The Bertz CT molecular complexity index is 2750. The molecule has 2 heterocycles. The quantitative estimate of drug-likeness (QED) is 0.182. The van der Waals surface area contributed by atoms with E-state index in [0.717, 1.165) is 60.8 Å². The molecule has 0 fully saturated rings. The molecule has 2 nitrogen and oxygen atoms in total. The summed E-state index contributed by atoms with van der Waals surface area (Å²) in [5.74, 6) is 0.00838. The molecule has 1 aromatic heterocycles. The zero-order valence-corrected chi connectivity index (χ0v) is 29.6. The molecule has 0 N–H and O–H groups in total. The molecule has 51 heavy (non-hydrogen) atoms. The van der Waals surface area contributed by atoms with Crippen LogP contribution in [-0.2, 0) is 0 Å². The average Bonchev–Trinajstić information content (AvgIpc) is 3.58. The van der Waals surface area contributed by atoms with E-state index in [4.69, 9.17) is 21.0 Å². The third kappa shape index (κ3) is 5.30. The molecule has 1 unspecified atom stereocenters. The van der Waals surface area contributed by atoms with E-state index in [1.54, 1.807) is 0 Å². The van der Waals surface area contributed by atoms with Gasteiger partial charge in [0.05, 0.1) is 16.4 Å². The summed E-state index contributed by atoms with van der Waals surface area (Å²) < 4.78 is 6.55. The fourth-order valence-corrected chi connectivity index (χ4v) is 8.24. The molecular weight excluding hydrogens is 642 g/mol. The average molecular weight is 678 g/mol. The van der Waals surface area contributed by atoms with Gasteiger partial charge in [0.15, 0.2) is 5.58 Å². The number of hydrogen-bond acceptors (Lipinski definition) is 2. The smallest absolute Gasteiger partial charge is 0.155 e. The standard InChI is InChI=1S/C48H36ClNO/c1-29-27-41(43-38-17-9-10-18-39(38)44-40-19-11-12-20-42(40)51-48(44)45(43)49)30(2)31(3)47(37-26-23-33-15-7-8-16-36(33)28-37)50-46(29)35-24-21-34(22-25-35)32-13-5-4-6-14-32/h4-26,28,31H,27H2,1-3H3/b41-30+,46-29+,50-47+. The minimum Gasteiger partial charge on any atom is -0.454 e. The lowest BCUT2D eigenvalue weighted by molar-refractivity contribution is 0.669. The number of hydrogen-bond donors (Lipinski definition) is 0. The highest BCUT2D eigenvalue weighted by Crippen LogP contribution is 2.48. The van der Waals surface area contributed by atoms with Crippen LogP contribution in [0.4, 0.5) is 0 Å². The number of aliphatic imine (C=N–C) groups is 1. The van der Waals surface area contributed by atoms with Crippen molar-refractivity contribution in [2.24, 2.45) is 10.9 Å². The van der Waals surface area contributed by atoms with Gasteiger partial charge in [-0.25, -0.2) is 0 Å². The second-order valence-electron chi connectivity index (χ2n) is 13.7.